The van der Waals surface area contributed by atoms with Gasteiger partial charge in [0, 0.05) is 34.5 Å². The molecule has 1 saturated carbocycles. The summed E-state index contributed by atoms with van der Waals surface area (Å²) in [5, 5.41) is 9.42. The summed E-state index contributed by atoms with van der Waals surface area (Å²) in [6, 6.07) is 11.7. The van der Waals surface area contributed by atoms with Crippen LogP contribution in [-0.2, 0) is 12.3 Å². The molecule has 2 aliphatic heterocycles. The lowest BCUT2D eigenvalue weighted by Gasteiger charge is -2.39. The molecule has 178 valence electrons. The fourth-order valence-electron chi connectivity index (χ4n) is 5.79. The third kappa shape index (κ3) is 4.29. The Kier molecular flexibility index (Phi) is 6.38. The average molecular weight is 534 g/mol. The number of aromatic nitrogens is 2. The molecule has 0 unspecified atom stereocenters. The fourth-order valence-corrected chi connectivity index (χ4v) is 7.63. The standard InChI is InChI=1S/C26H27Cl3N4S/c27-18-3-5-20-17(13-18)16-34-25-22(15-30-32-11-9-26(10-12-32)7-1-2-8-26)31-33(24(20)25)23-6-4-19(28)14-21(23)29/h3-6,13-14,30H,1-2,7-12,15-16H2. The van der Waals surface area contributed by atoms with Crippen LogP contribution < -0.4 is 5.43 Å². The van der Waals surface area contributed by atoms with Crippen molar-refractivity contribution >= 4 is 46.6 Å². The molecule has 3 aromatic rings. The van der Waals surface area contributed by atoms with Crippen LogP contribution in [-0.4, -0.2) is 27.9 Å². The number of hydrogen-bond acceptors (Lipinski definition) is 4. The molecule has 8 heteroatoms. The summed E-state index contributed by atoms with van der Waals surface area (Å²) in [4.78, 5) is 1.21. The minimum atomic E-state index is 0.585. The van der Waals surface area contributed by atoms with Crippen molar-refractivity contribution in [3.8, 4) is 16.9 Å². The Balaban J connectivity index is 1.31. The Labute approximate surface area is 219 Å². The highest BCUT2D eigenvalue weighted by atomic mass is 35.5. The van der Waals surface area contributed by atoms with Gasteiger partial charge in [-0.1, -0.05) is 53.7 Å². The normalized spacial score (nSPS) is 19.4. The topological polar surface area (TPSA) is 33.1 Å². The van der Waals surface area contributed by atoms with Gasteiger partial charge in [0.25, 0.3) is 0 Å². The Morgan fingerprint density at radius 1 is 0.941 bits per heavy atom. The SMILES string of the molecule is Clc1ccc(-n2nc(CNN3CCC4(CCCC4)CC3)c3c2-c2ccc(Cl)cc2CS3)c(Cl)c1. The maximum Gasteiger partial charge on any atom is 0.0923 e. The molecule has 1 saturated heterocycles. The van der Waals surface area contributed by atoms with Crippen molar-refractivity contribution in [1.29, 1.82) is 0 Å². The van der Waals surface area contributed by atoms with E-state index in [9.17, 15) is 0 Å². The zero-order valence-electron chi connectivity index (χ0n) is 18.9. The van der Waals surface area contributed by atoms with Crippen LogP contribution >= 0.6 is 46.6 Å². The van der Waals surface area contributed by atoms with Crippen molar-refractivity contribution in [2.45, 2.75) is 55.7 Å². The molecule has 34 heavy (non-hydrogen) atoms. The summed E-state index contributed by atoms with van der Waals surface area (Å²) in [5.41, 5.74) is 9.63. The van der Waals surface area contributed by atoms with Gasteiger partial charge < -0.3 is 0 Å². The van der Waals surface area contributed by atoms with Crippen molar-refractivity contribution in [3.05, 3.63) is 62.7 Å². The molecule has 3 aliphatic rings. The van der Waals surface area contributed by atoms with Gasteiger partial charge in [-0.05, 0) is 67.0 Å². The zero-order valence-corrected chi connectivity index (χ0v) is 22.0. The predicted octanol–water partition coefficient (Wildman–Crippen LogP) is 7.77. The molecule has 1 spiro atoms. The first kappa shape index (κ1) is 23.2. The van der Waals surface area contributed by atoms with Crippen LogP contribution in [0, 0.1) is 5.41 Å². The van der Waals surface area contributed by atoms with Gasteiger partial charge >= 0.3 is 0 Å². The molecule has 0 atom stereocenters. The molecule has 1 aliphatic carbocycles. The van der Waals surface area contributed by atoms with Crippen LogP contribution in [0.3, 0.4) is 0 Å². The zero-order chi connectivity index (χ0) is 23.3. The van der Waals surface area contributed by atoms with E-state index in [-0.39, 0.29) is 0 Å². The highest BCUT2D eigenvalue weighted by Gasteiger charge is 2.37. The number of benzene rings is 2. The van der Waals surface area contributed by atoms with Crippen LogP contribution in [0.1, 0.15) is 49.8 Å². The van der Waals surface area contributed by atoms with E-state index in [0.717, 1.165) is 46.5 Å². The number of piperidine rings is 1. The summed E-state index contributed by atoms with van der Waals surface area (Å²) >= 11 is 20.9. The lowest BCUT2D eigenvalue weighted by Crippen LogP contribution is -2.46. The Morgan fingerprint density at radius 2 is 1.68 bits per heavy atom. The van der Waals surface area contributed by atoms with Crippen molar-refractivity contribution in [1.82, 2.24) is 20.2 Å². The third-order valence-corrected chi connectivity index (χ3v) is 9.65. The first-order valence-electron chi connectivity index (χ1n) is 12.0. The van der Waals surface area contributed by atoms with Crippen molar-refractivity contribution < 1.29 is 0 Å². The molecule has 0 radical (unpaired) electrons. The second kappa shape index (κ2) is 9.34. The lowest BCUT2D eigenvalue weighted by molar-refractivity contribution is 0.0672. The van der Waals surface area contributed by atoms with Gasteiger partial charge in [0.05, 0.1) is 33.5 Å². The highest BCUT2D eigenvalue weighted by Crippen LogP contribution is 2.47. The fraction of sp³-hybridized carbons (Fsp3) is 0.423. The van der Waals surface area contributed by atoms with Gasteiger partial charge in [0.15, 0.2) is 0 Å². The molecule has 4 nitrogen and oxygen atoms in total. The van der Waals surface area contributed by atoms with E-state index in [1.165, 1.54) is 49.0 Å². The van der Waals surface area contributed by atoms with Crippen LogP contribution in [0.2, 0.25) is 15.1 Å². The van der Waals surface area contributed by atoms with Crippen LogP contribution in [0.4, 0.5) is 0 Å². The number of halogens is 3. The van der Waals surface area contributed by atoms with E-state index in [2.05, 4.69) is 22.6 Å². The Hall–Kier alpha value is -1.21. The molecule has 0 bridgehead atoms. The van der Waals surface area contributed by atoms with Gasteiger partial charge in [-0.25, -0.2) is 15.1 Å². The number of fused-ring (bicyclic) bond motifs is 3. The Bertz CT molecular complexity index is 1230. The first-order chi connectivity index (χ1) is 16.5. The minimum absolute atomic E-state index is 0.585. The molecular weight excluding hydrogens is 507 g/mol. The molecule has 1 aromatic heterocycles. The number of nitrogens with one attached hydrogen (secondary N) is 1. The largest absolute Gasteiger partial charge is 0.249 e. The van der Waals surface area contributed by atoms with Crippen LogP contribution in [0.15, 0.2) is 41.3 Å². The number of rotatable bonds is 4. The molecule has 1 N–H and O–H groups in total. The quantitative estimate of drug-likeness (QED) is 0.371. The Morgan fingerprint density at radius 3 is 2.44 bits per heavy atom. The molecule has 3 heterocycles. The minimum Gasteiger partial charge on any atom is -0.249 e. The highest BCUT2D eigenvalue weighted by molar-refractivity contribution is 7.98. The van der Waals surface area contributed by atoms with E-state index in [4.69, 9.17) is 39.9 Å². The second-order valence-corrected chi connectivity index (χ2v) is 12.0. The summed E-state index contributed by atoms with van der Waals surface area (Å²) in [5.74, 6) is 0.877. The monoisotopic (exact) mass is 532 g/mol. The van der Waals surface area contributed by atoms with Crippen molar-refractivity contribution in [3.63, 3.8) is 0 Å². The molecule has 2 fully saturated rings. The number of hydrazine groups is 1. The lowest BCUT2D eigenvalue weighted by atomic mass is 9.77. The summed E-state index contributed by atoms with van der Waals surface area (Å²) in [6.07, 6.45) is 8.26. The summed E-state index contributed by atoms with van der Waals surface area (Å²) < 4.78 is 1.98. The van der Waals surface area contributed by atoms with Gasteiger partial charge in [-0.2, -0.15) is 5.10 Å². The number of thioether (sulfide) groups is 1. The molecular formula is C26H27Cl3N4S. The summed E-state index contributed by atoms with van der Waals surface area (Å²) in [6.45, 7) is 2.92. The van der Waals surface area contributed by atoms with E-state index in [1.807, 2.05) is 34.6 Å². The predicted molar refractivity (Wildman–Crippen MR) is 142 cm³/mol. The first-order valence-corrected chi connectivity index (χ1v) is 14.1. The second-order valence-electron chi connectivity index (χ2n) is 9.75. The maximum absolute atomic E-state index is 6.63. The van der Waals surface area contributed by atoms with Gasteiger partial charge in [-0.15, -0.1) is 11.8 Å². The smallest absolute Gasteiger partial charge is 0.0923 e. The van der Waals surface area contributed by atoms with Crippen LogP contribution in [0.25, 0.3) is 16.9 Å². The van der Waals surface area contributed by atoms with E-state index in [1.54, 1.807) is 6.07 Å². The third-order valence-electron chi connectivity index (χ3n) is 7.70. The molecule has 6 rings (SSSR count). The average Bonchev–Trinajstić information content (AvgIpc) is 3.43. The number of hydrogen-bond donors (Lipinski definition) is 1. The van der Waals surface area contributed by atoms with E-state index < -0.39 is 0 Å². The summed E-state index contributed by atoms with van der Waals surface area (Å²) in [7, 11) is 0. The van der Waals surface area contributed by atoms with Crippen LogP contribution in [0.5, 0.6) is 0 Å². The maximum atomic E-state index is 6.63. The van der Waals surface area contributed by atoms with E-state index in [0.29, 0.717) is 22.0 Å². The van der Waals surface area contributed by atoms with E-state index >= 15 is 0 Å². The molecule has 2 aromatic carbocycles. The van der Waals surface area contributed by atoms with Crippen molar-refractivity contribution in [2.75, 3.05) is 13.1 Å². The van der Waals surface area contributed by atoms with Crippen molar-refractivity contribution in [2.24, 2.45) is 5.41 Å². The van der Waals surface area contributed by atoms with Gasteiger partial charge in [0.2, 0.25) is 0 Å². The molecule has 0 amide bonds. The number of nitrogens with zero attached hydrogens (tertiary/aromatic N) is 3. The van der Waals surface area contributed by atoms with Gasteiger partial charge in [-0.3, -0.25) is 0 Å². The van der Waals surface area contributed by atoms with Gasteiger partial charge in [0.1, 0.15) is 0 Å².